The summed E-state index contributed by atoms with van der Waals surface area (Å²) >= 11 is 0. The summed E-state index contributed by atoms with van der Waals surface area (Å²) in [6.45, 7) is 3.41. The number of pyridine rings is 1. The number of aryl methyl sites for hydroxylation is 1. The number of nitrogens with zero attached hydrogens (tertiary/aromatic N) is 2. The summed E-state index contributed by atoms with van der Waals surface area (Å²) in [6, 6.07) is 11.9. The van der Waals surface area contributed by atoms with Crippen molar-refractivity contribution in [3.63, 3.8) is 0 Å². The standard InChI is InChI=1S/C16H17N3O/c1-12-9-14-16(18-11-12)17-7-8-19(14)15(20)10-13-5-3-2-4-6-13/h2-6,9,11H,7-8,10H2,1H3,(H,17,18). The number of hydrogen-bond donors (Lipinski definition) is 1. The van der Waals surface area contributed by atoms with Gasteiger partial charge < -0.3 is 10.2 Å². The highest BCUT2D eigenvalue weighted by molar-refractivity contribution is 5.98. The van der Waals surface area contributed by atoms with Gasteiger partial charge >= 0.3 is 0 Å². The van der Waals surface area contributed by atoms with Gasteiger partial charge in [0.15, 0.2) is 0 Å². The number of carbonyl (C=O) groups excluding carboxylic acids is 1. The normalized spacial score (nSPS) is 13.6. The SMILES string of the molecule is Cc1cnc2c(c1)N(C(=O)Cc1ccccc1)CCN2. The van der Waals surface area contributed by atoms with Crippen molar-refractivity contribution in [3.8, 4) is 0 Å². The number of carbonyl (C=O) groups is 1. The zero-order valence-electron chi connectivity index (χ0n) is 11.5. The number of aromatic nitrogens is 1. The van der Waals surface area contributed by atoms with Crippen LogP contribution >= 0.6 is 0 Å². The summed E-state index contributed by atoms with van der Waals surface area (Å²) in [5, 5.41) is 3.23. The fourth-order valence-electron chi connectivity index (χ4n) is 2.43. The molecular weight excluding hydrogens is 250 g/mol. The number of nitrogens with one attached hydrogen (secondary N) is 1. The summed E-state index contributed by atoms with van der Waals surface area (Å²) in [4.78, 5) is 18.7. The Morgan fingerprint density at radius 2 is 2.15 bits per heavy atom. The molecule has 1 aromatic carbocycles. The van der Waals surface area contributed by atoms with Crippen LogP contribution in [0.5, 0.6) is 0 Å². The van der Waals surface area contributed by atoms with Crippen molar-refractivity contribution in [1.82, 2.24) is 4.98 Å². The van der Waals surface area contributed by atoms with Crippen molar-refractivity contribution in [3.05, 3.63) is 53.7 Å². The first kappa shape index (κ1) is 12.7. The van der Waals surface area contributed by atoms with E-state index in [0.29, 0.717) is 13.0 Å². The summed E-state index contributed by atoms with van der Waals surface area (Å²) in [5.74, 6) is 0.912. The maximum Gasteiger partial charge on any atom is 0.231 e. The van der Waals surface area contributed by atoms with E-state index in [2.05, 4.69) is 10.3 Å². The Hall–Kier alpha value is -2.36. The van der Waals surface area contributed by atoms with Crippen molar-refractivity contribution in [2.75, 3.05) is 23.3 Å². The molecule has 0 bridgehead atoms. The number of anilines is 2. The Bertz CT molecular complexity index is 625. The molecular formula is C16H17N3O. The molecule has 0 radical (unpaired) electrons. The van der Waals surface area contributed by atoms with Gasteiger partial charge in [0, 0.05) is 19.3 Å². The smallest absolute Gasteiger partial charge is 0.231 e. The number of benzene rings is 1. The first-order valence-corrected chi connectivity index (χ1v) is 6.79. The highest BCUT2D eigenvalue weighted by Crippen LogP contribution is 2.28. The van der Waals surface area contributed by atoms with Crippen LogP contribution in [0.15, 0.2) is 42.6 Å². The van der Waals surface area contributed by atoms with Crippen LogP contribution in [0.1, 0.15) is 11.1 Å². The van der Waals surface area contributed by atoms with Gasteiger partial charge in [-0.1, -0.05) is 30.3 Å². The van der Waals surface area contributed by atoms with E-state index in [9.17, 15) is 4.79 Å². The van der Waals surface area contributed by atoms with Crippen molar-refractivity contribution in [2.24, 2.45) is 0 Å². The zero-order valence-corrected chi connectivity index (χ0v) is 11.5. The molecule has 4 heteroatoms. The van der Waals surface area contributed by atoms with Gasteiger partial charge in [-0.25, -0.2) is 4.98 Å². The second-order valence-corrected chi connectivity index (χ2v) is 5.01. The second-order valence-electron chi connectivity index (χ2n) is 5.01. The lowest BCUT2D eigenvalue weighted by molar-refractivity contribution is -0.118. The van der Waals surface area contributed by atoms with Crippen LogP contribution in [0.2, 0.25) is 0 Å². The Morgan fingerprint density at radius 1 is 1.35 bits per heavy atom. The Labute approximate surface area is 118 Å². The van der Waals surface area contributed by atoms with Crippen LogP contribution in [0.4, 0.5) is 11.5 Å². The molecule has 102 valence electrons. The van der Waals surface area contributed by atoms with Gasteiger partial charge in [0.2, 0.25) is 5.91 Å². The monoisotopic (exact) mass is 267 g/mol. The molecule has 0 unspecified atom stereocenters. The molecule has 20 heavy (non-hydrogen) atoms. The fraction of sp³-hybridized carbons (Fsp3) is 0.250. The quantitative estimate of drug-likeness (QED) is 0.908. The predicted octanol–water partition coefficient (Wildman–Crippen LogP) is 2.39. The molecule has 1 N–H and O–H groups in total. The largest absolute Gasteiger partial charge is 0.367 e. The van der Waals surface area contributed by atoms with Crippen LogP contribution in [-0.2, 0) is 11.2 Å². The van der Waals surface area contributed by atoms with Crippen LogP contribution in [0.25, 0.3) is 0 Å². The molecule has 0 aliphatic carbocycles. The van der Waals surface area contributed by atoms with E-state index in [1.54, 1.807) is 0 Å². The average Bonchev–Trinajstić information content (AvgIpc) is 2.47. The topological polar surface area (TPSA) is 45.2 Å². The maximum atomic E-state index is 12.5. The number of hydrogen-bond acceptors (Lipinski definition) is 3. The van der Waals surface area contributed by atoms with Gasteiger partial charge in [-0.2, -0.15) is 0 Å². The average molecular weight is 267 g/mol. The zero-order chi connectivity index (χ0) is 13.9. The summed E-state index contributed by atoms with van der Waals surface area (Å²) < 4.78 is 0. The number of fused-ring (bicyclic) bond motifs is 1. The summed E-state index contributed by atoms with van der Waals surface area (Å²) in [7, 11) is 0. The lowest BCUT2D eigenvalue weighted by Crippen LogP contribution is -2.40. The molecule has 1 aliphatic heterocycles. The molecule has 2 aromatic rings. The third kappa shape index (κ3) is 2.50. The van der Waals surface area contributed by atoms with Crippen LogP contribution in [0.3, 0.4) is 0 Å². The first-order chi connectivity index (χ1) is 9.74. The van der Waals surface area contributed by atoms with E-state index in [0.717, 1.165) is 29.2 Å². The lowest BCUT2D eigenvalue weighted by atomic mass is 10.1. The third-order valence-electron chi connectivity index (χ3n) is 3.42. The van der Waals surface area contributed by atoms with Crippen molar-refractivity contribution in [2.45, 2.75) is 13.3 Å². The maximum absolute atomic E-state index is 12.5. The molecule has 2 heterocycles. The Kier molecular flexibility index (Phi) is 3.37. The molecule has 1 amide bonds. The van der Waals surface area contributed by atoms with Crippen LogP contribution in [0, 0.1) is 6.92 Å². The minimum Gasteiger partial charge on any atom is -0.367 e. The summed E-state index contributed by atoms with van der Waals surface area (Å²) in [5.41, 5.74) is 2.99. The minimum absolute atomic E-state index is 0.117. The highest BCUT2D eigenvalue weighted by atomic mass is 16.2. The Balaban J connectivity index is 1.85. The van der Waals surface area contributed by atoms with E-state index in [-0.39, 0.29) is 5.91 Å². The first-order valence-electron chi connectivity index (χ1n) is 6.79. The lowest BCUT2D eigenvalue weighted by Gasteiger charge is -2.29. The third-order valence-corrected chi connectivity index (χ3v) is 3.42. The van der Waals surface area contributed by atoms with Gasteiger partial charge in [-0.3, -0.25) is 4.79 Å². The molecule has 1 aliphatic rings. The van der Waals surface area contributed by atoms with Crippen molar-refractivity contribution < 1.29 is 4.79 Å². The minimum atomic E-state index is 0.117. The molecule has 0 saturated carbocycles. The van der Waals surface area contributed by atoms with Gasteiger partial charge in [0.25, 0.3) is 0 Å². The molecule has 3 rings (SSSR count). The molecule has 0 spiro atoms. The molecule has 0 atom stereocenters. The predicted molar refractivity (Wildman–Crippen MR) is 80.0 cm³/mol. The van der Waals surface area contributed by atoms with Gasteiger partial charge in [-0.05, 0) is 24.1 Å². The van der Waals surface area contributed by atoms with Crippen LogP contribution < -0.4 is 10.2 Å². The molecule has 1 aromatic heterocycles. The summed E-state index contributed by atoms with van der Waals surface area (Å²) in [6.07, 6.45) is 2.24. The molecule has 0 fully saturated rings. The van der Waals surface area contributed by atoms with Gasteiger partial charge in [0.1, 0.15) is 5.82 Å². The Morgan fingerprint density at radius 3 is 2.95 bits per heavy atom. The van der Waals surface area contributed by atoms with E-state index in [4.69, 9.17) is 0 Å². The van der Waals surface area contributed by atoms with Crippen molar-refractivity contribution in [1.29, 1.82) is 0 Å². The fourth-order valence-corrected chi connectivity index (χ4v) is 2.43. The van der Waals surface area contributed by atoms with E-state index >= 15 is 0 Å². The molecule has 0 saturated heterocycles. The van der Waals surface area contributed by atoms with E-state index in [1.807, 2.05) is 54.4 Å². The van der Waals surface area contributed by atoms with Gasteiger partial charge in [0.05, 0.1) is 12.1 Å². The number of rotatable bonds is 2. The van der Waals surface area contributed by atoms with E-state index in [1.165, 1.54) is 0 Å². The second kappa shape index (κ2) is 5.33. The highest BCUT2D eigenvalue weighted by Gasteiger charge is 2.23. The number of amides is 1. The van der Waals surface area contributed by atoms with E-state index < -0.39 is 0 Å². The molecule has 4 nitrogen and oxygen atoms in total. The van der Waals surface area contributed by atoms with Crippen LogP contribution in [-0.4, -0.2) is 24.0 Å². The van der Waals surface area contributed by atoms with Crippen molar-refractivity contribution >= 4 is 17.4 Å². The van der Waals surface area contributed by atoms with Gasteiger partial charge in [-0.15, -0.1) is 0 Å².